The molecule has 2 atom stereocenters. The molecule has 0 aromatic heterocycles. The molecule has 1 aliphatic heterocycles. The zero-order valence-corrected chi connectivity index (χ0v) is 15.6. The lowest BCUT2D eigenvalue weighted by molar-refractivity contribution is -0.122. The van der Waals surface area contributed by atoms with E-state index in [0.717, 1.165) is 11.3 Å². The predicted octanol–water partition coefficient (Wildman–Crippen LogP) is 5.16. The molecule has 3 aromatic rings. The van der Waals surface area contributed by atoms with E-state index in [4.69, 9.17) is 4.74 Å². The quantitative estimate of drug-likeness (QED) is 0.582. The summed E-state index contributed by atoms with van der Waals surface area (Å²) < 4.78 is 5.78. The third-order valence-corrected chi connectivity index (χ3v) is 5.18. The summed E-state index contributed by atoms with van der Waals surface area (Å²) in [6.07, 6.45) is 0.233. The van der Waals surface area contributed by atoms with Gasteiger partial charge in [0.25, 0.3) is 0 Å². The molecule has 3 aromatic carbocycles. The summed E-state index contributed by atoms with van der Waals surface area (Å²) in [6, 6.07) is 26.4. The Morgan fingerprint density at radius 3 is 2.04 bits per heavy atom. The van der Waals surface area contributed by atoms with Crippen molar-refractivity contribution in [1.29, 1.82) is 0 Å². The molecule has 4 heteroatoms. The molecular formula is C24H21NO3. The molecule has 0 radical (unpaired) electrons. The Morgan fingerprint density at radius 2 is 1.39 bits per heavy atom. The van der Waals surface area contributed by atoms with E-state index in [-0.39, 0.29) is 30.1 Å². The monoisotopic (exact) mass is 371 g/mol. The fourth-order valence-corrected chi connectivity index (χ4v) is 3.59. The first-order valence-corrected chi connectivity index (χ1v) is 9.38. The fraction of sp³-hybridized carbons (Fsp3) is 0.167. The van der Waals surface area contributed by atoms with E-state index in [0.29, 0.717) is 11.4 Å². The second kappa shape index (κ2) is 7.69. The zero-order valence-electron chi connectivity index (χ0n) is 15.6. The second-order valence-electron chi connectivity index (χ2n) is 6.99. The number of ether oxygens (including phenoxy) is 1. The largest absolute Gasteiger partial charge is 0.457 e. The number of para-hydroxylation sites is 1. The first-order valence-electron chi connectivity index (χ1n) is 9.38. The van der Waals surface area contributed by atoms with Crippen molar-refractivity contribution in [2.24, 2.45) is 5.92 Å². The number of hydrogen-bond donors (Lipinski definition) is 0. The van der Waals surface area contributed by atoms with Crippen LogP contribution < -0.4 is 9.64 Å². The Bertz CT molecular complexity index is 968. The van der Waals surface area contributed by atoms with Crippen LogP contribution in [0.4, 0.5) is 5.69 Å². The van der Waals surface area contributed by atoms with Crippen LogP contribution in [0.25, 0.3) is 0 Å². The smallest absolute Gasteiger partial charge is 0.237 e. The molecule has 2 amide bonds. The lowest BCUT2D eigenvalue weighted by Crippen LogP contribution is -2.31. The van der Waals surface area contributed by atoms with Crippen molar-refractivity contribution in [3.8, 4) is 11.5 Å². The summed E-state index contributed by atoms with van der Waals surface area (Å²) in [4.78, 5) is 26.9. The molecule has 1 fully saturated rings. The standard InChI is InChI=1S/C24H21NO3/c1-17(18-8-4-2-5-9-18)22-16-23(26)25(24(22)27)19-12-14-21(15-13-19)28-20-10-6-3-7-11-20/h2-15,17,22H,16H2,1H3. The van der Waals surface area contributed by atoms with Crippen molar-refractivity contribution >= 4 is 17.5 Å². The highest BCUT2D eigenvalue weighted by atomic mass is 16.5. The SMILES string of the molecule is CC(c1ccccc1)C1CC(=O)N(c2ccc(Oc3ccccc3)cc2)C1=O. The van der Waals surface area contributed by atoms with Crippen molar-refractivity contribution < 1.29 is 14.3 Å². The Balaban J connectivity index is 1.51. The highest BCUT2D eigenvalue weighted by Gasteiger charge is 2.42. The van der Waals surface area contributed by atoms with Crippen LogP contribution in [0.5, 0.6) is 11.5 Å². The molecule has 2 unspecified atom stereocenters. The van der Waals surface area contributed by atoms with E-state index in [1.54, 1.807) is 24.3 Å². The van der Waals surface area contributed by atoms with Crippen molar-refractivity contribution in [3.05, 3.63) is 90.5 Å². The van der Waals surface area contributed by atoms with Gasteiger partial charge in [-0.15, -0.1) is 0 Å². The van der Waals surface area contributed by atoms with Gasteiger partial charge in [0, 0.05) is 6.42 Å². The highest BCUT2D eigenvalue weighted by Crippen LogP contribution is 2.36. The summed E-state index contributed by atoms with van der Waals surface area (Å²) in [5.74, 6) is 0.745. The first kappa shape index (κ1) is 18.0. The van der Waals surface area contributed by atoms with Crippen molar-refractivity contribution in [3.63, 3.8) is 0 Å². The molecule has 1 aliphatic rings. The minimum absolute atomic E-state index is 0.0108. The fourth-order valence-electron chi connectivity index (χ4n) is 3.59. The van der Waals surface area contributed by atoms with Crippen LogP contribution in [0.3, 0.4) is 0 Å². The Hall–Kier alpha value is -3.40. The summed E-state index contributed by atoms with van der Waals surface area (Å²) in [5, 5.41) is 0. The van der Waals surface area contributed by atoms with Crippen LogP contribution in [0.15, 0.2) is 84.9 Å². The number of imide groups is 1. The van der Waals surface area contributed by atoms with Gasteiger partial charge in [-0.25, -0.2) is 0 Å². The number of nitrogens with zero attached hydrogens (tertiary/aromatic N) is 1. The number of amides is 2. The summed E-state index contributed by atoms with van der Waals surface area (Å²) in [6.45, 7) is 2.01. The summed E-state index contributed by atoms with van der Waals surface area (Å²) in [7, 11) is 0. The number of carbonyl (C=O) groups is 2. The first-order chi connectivity index (χ1) is 13.6. The van der Waals surface area contributed by atoms with Gasteiger partial charge in [0.2, 0.25) is 11.8 Å². The molecule has 0 saturated carbocycles. The van der Waals surface area contributed by atoms with Crippen molar-refractivity contribution in [1.82, 2.24) is 0 Å². The number of rotatable bonds is 5. The lowest BCUT2D eigenvalue weighted by atomic mass is 9.86. The van der Waals surface area contributed by atoms with E-state index in [1.165, 1.54) is 4.90 Å². The maximum Gasteiger partial charge on any atom is 0.237 e. The average molecular weight is 371 g/mol. The van der Waals surface area contributed by atoms with Gasteiger partial charge in [-0.2, -0.15) is 0 Å². The maximum atomic E-state index is 13.0. The topological polar surface area (TPSA) is 46.6 Å². The number of anilines is 1. The van der Waals surface area contributed by atoms with Crippen molar-refractivity contribution in [2.75, 3.05) is 4.90 Å². The predicted molar refractivity (Wildman–Crippen MR) is 108 cm³/mol. The van der Waals surface area contributed by atoms with Gasteiger partial charge < -0.3 is 4.74 Å². The zero-order chi connectivity index (χ0) is 19.5. The highest BCUT2D eigenvalue weighted by molar-refractivity contribution is 6.21. The Kier molecular flexibility index (Phi) is 4.94. The number of hydrogen-bond acceptors (Lipinski definition) is 3. The van der Waals surface area contributed by atoms with E-state index < -0.39 is 0 Å². The molecule has 4 nitrogen and oxygen atoms in total. The van der Waals surface area contributed by atoms with Crippen LogP contribution in [-0.2, 0) is 9.59 Å². The van der Waals surface area contributed by atoms with Gasteiger partial charge in [0.15, 0.2) is 0 Å². The molecule has 0 spiro atoms. The molecule has 4 rings (SSSR count). The van der Waals surface area contributed by atoms with Gasteiger partial charge in [0.1, 0.15) is 11.5 Å². The van der Waals surface area contributed by atoms with E-state index in [1.807, 2.05) is 67.6 Å². The number of carbonyl (C=O) groups excluding carboxylic acids is 2. The molecule has 0 N–H and O–H groups in total. The average Bonchev–Trinajstić information content (AvgIpc) is 3.03. The molecule has 0 aliphatic carbocycles. The van der Waals surface area contributed by atoms with E-state index >= 15 is 0 Å². The van der Waals surface area contributed by atoms with Gasteiger partial charge in [0.05, 0.1) is 11.6 Å². The third kappa shape index (κ3) is 3.54. The van der Waals surface area contributed by atoms with Crippen LogP contribution in [0, 0.1) is 5.92 Å². The lowest BCUT2D eigenvalue weighted by Gasteiger charge is -2.19. The van der Waals surface area contributed by atoms with Crippen molar-refractivity contribution in [2.45, 2.75) is 19.3 Å². The van der Waals surface area contributed by atoms with Crippen LogP contribution >= 0.6 is 0 Å². The summed E-state index contributed by atoms with van der Waals surface area (Å²) >= 11 is 0. The maximum absolute atomic E-state index is 13.0. The van der Waals surface area contributed by atoms with Gasteiger partial charge in [-0.1, -0.05) is 55.5 Å². The Labute approximate surface area is 164 Å². The van der Waals surface area contributed by atoms with Crippen LogP contribution in [-0.4, -0.2) is 11.8 Å². The van der Waals surface area contributed by atoms with Gasteiger partial charge in [-0.05, 0) is 47.9 Å². The van der Waals surface area contributed by atoms with Gasteiger partial charge >= 0.3 is 0 Å². The minimum Gasteiger partial charge on any atom is -0.457 e. The van der Waals surface area contributed by atoms with E-state index in [2.05, 4.69) is 0 Å². The molecular weight excluding hydrogens is 350 g/mol. The second-order valence-corrected chi connectivity index (χ2v) is 6.99. The molecule has 1 saturated heterocycles. The van der Waals surface area contributed by atoms with Gasteiger partial charge in [-0.3, -0.25) is 14.5 Å². The molecule has 0 bridgehead atoms. The third-order valence-electron chi connectivity index (χ3n) is 5.18. The Morgan fingerprint density at radius 1 is 0.821 bits per heavy atom. The summed E-state index contributed by atoms with van der Waals surface area (Å²) in [5.41, 5.74) is 1.65. The number of benzene rings is 3. The molecule has 1 heterocycles. The molecule has 140 valence electrons. The van der Waals surface area contributed by atoms with Crippen LogP contribution in [0.1, 0.15) is 24.8 Å². The molecule has 28 heavy (non-hydrogen) atoms. The minimum atomic E-state index is -0.338. The van der Waals surface area contributed by atoms with E-state index in [9.17, 15) is 9.59 Å². The van der Waals surface area contributed by atoms with Crippen LogP contribution in [0.2, 0.25) is 0 Å². The normalized spacial score (nSPS) is 17.6.